The van der Waals surface area contributed by atoms with Gasteiger partial charge in [-0.05, 0) is 43.2 Å². The third-order valence-electron chi connectivity index (χ3n) is 4.73. The average molecular weight is 396 g/mol. The Morgan fingerprint density at radius 3 is 2.59 bits per heavy atom. The molecule has 154 valence electrons. The summed E-state index contributed by atoms with van der Waals surface area (Å²) >= 11 is 0. The van der Waals surface area contributed by atoms with E-state index >= 15 is 0 Å². The quantitative estimate of drug-likeness (QED) is 0.554. The van der Waals surface area contributed by atoms with Crippen LogP contribution in [-0.4, -0.2) is 39.2 Å². The van der Waals surface area contributed by atoms with Gasteiger partial charge in [0.2, 0.25) is 5.91 Å². The highest BCUT2D eigenvalue weighted by Crippen LogP contribution is 2.30. The van der Waals surface area contributed by atoms with E-state index in [1.54, 1.807) is 14.2 Å². The van der Waals surface area contributed by atoms with Crippen LogP contribution in [-0.2, 0) is 11.3 Å². The van der Waals surface area contributed by atoms with Crippen LogP contribution < -0.4 is 25.0 Å². The van der Waals surface area contributed by atoms with Gasteiger partial charge in [0, 0.05) is 44.0 Å². The van der Waals surface area contributed by atoms with Crippen LogP contribution >= 0.6 is 0 Å². The number of hydrogen-bond donors (Lipinski definition) is 2. The lowest BCUT2D eigenvalue weighted by atomic mass is 10.2. The Balaban J connectivity index is 1.59. The van der Waals surface area contributed by atoms with Crippen LogP contribution in [0.3, 0.4) is 0 Å². The van der Waals surface area contributed by atoms with Crippen LogP contribution in [0.25, 0.3) is 0 Å². The third kappa shape index (κ3) is 5.19. The summed E-state index contributed by atoms with van der Waals surface area (Å²) in [5.74, 6) is 2.22. The number of nitrogens with one attached hydrogen (secondary N) is 2. The molecule has 0 saturated carbocycles. The van der Waals surface area contributed by atoms with Gasteiger partial charge in [0.05, 0.1) is 13.7 Å². The second-order valence-electron chi connectivity index (χ2n) is 6.66. The number of benzene rings is 2. The van der Waals surface area contributed by atoms with Gasteiger partial charge in [-0.15, -0.1) is 0 Å². The molecule has 7 nitrogen and oxygen atoms in total. The van der Waals surface area contributed by atoms with Crippen LogP contribution in [0.4, 0.5) is 11.4 Å². The van der Waals surface area contributed by atoms with Gasteiger partial charge in [-0.25, -0.2) is 0 Å². The lowest BCUT2D eigenvalue weighted by molar-refractivity contribution is -0.117. The van der Waals surface area contributed by atoms with Crippen LogP contribution in [0.5, 0.6) is 11.5 Å². The van der Waals surface area contributed by atoms with Crippen LogP contribution in [0, 0.1) is 0 Å². The standard InChI is InChI=1S/C22H28N4O3/c1-4-29-20-14-17(9-12-19(20)28-3)25-22(23-2)24-15-16-7-10-18(11-8-16)26-13-5-6-21(26)27/h7-12,14H,4-6,13,15H2,1-3H3,(H2,23,24,25). The molecule has 1 aliphatic heterocycles. The maximum absolute atomic E-state index is 11.9. The van der Waals surface area contributed by atoms with Crippen LogP contribution in [0.15, 0.2) is 47.5 Å². The van der Waals surface area contributed by atoms with Crippen molar-refractivity contribution in [2.45, 2.75) is 26.3 Å². The van der Waals surface area contributed by atoms with Gasteiger partial charge < -0.3 is 25.0 Å². The van der Waals surface area contributed by atoms with Gasteiger partial charge in [-0.1, -0.05) is 12.1 Å². The lowest BCUT2D eigenvalue weighted by Gasteiger charge is -2.17. The Hall–Kier alpha value is -3.22. The number of nitrogens with zero attached hydrogens (tertiary/aromatic N) is 2. The SMILES string of the molecule is CCOc1cc(NC(=NC)NCc2ccc(N3CCCC3=O)cc2)ccc1OC. The second kappa shape index (κ2) is 9.82. The number of carbonyl (C=O) groups excluding carboxylic acids is 1. The maximum Gasteiger partial charge on any atom is 0.227 e. The molecule has 1 amide bonds. The summed E-state index contributed by atoms with van der Waals surface area (Å²) < 4.78 is 10.9. The van der Waals surface area contributed by atoms with Gasteiger partial charge >= 0.3 is 0 Å². The fourth-order valence-electron chi connectivity index (χ4n) is 3.24. The van der Waals surface area contributed by atoms with Gasteiger partial charge in [0.15, 0.2) is 17.5 Å². The number of carbonyl (C=O) groups is 1. The Morgan fingerprint density at radius 2 is 1.97 bits per heavy atom. The van der Waals surface area contributed by atoms with Gasteiger partial charge in [0.25, 0.3) is 0 Å². The van der Waals surface area contributed by atoms with Crippen molar-refractivity contribution in [3.05, 3.63) is 48.0 Å². The molecule has 1 fully saturated rings. The van der Waals surface area contributed by atoms with E-state index < -0.39 is 0 Å². The predicted octanol–water partition coefficient (Wildman–Crippen LogP) is 3.41. The molecule has 2 aromatic carbocycles. The molecule has 0 unspecified atom stereocenters. The topological polar surface area (TPSA) is 75.2 Å². The molecule has 0 radical (unpaired) electrons. The monoisotopic (exact) mass is 396 g/mol. The Kier molecular flexibility index (Phi) is 6.94. The van der Waals surface area contributed by atoms with Crippen molar-refractivity contribution in [1.82, 2.24) is 5.32 Å². The highest BCUT2D eigenvalue weighted by molar-refractivity contribution is 5.95. The van der Waals surface area contributed by atoms with Crippen molar-refractivity contribution in [3.63, 3.8) is 0 Å². The molecular weight excluding hydrogens is 368 g/mol. The highest BCUT2D eigenvalue weighted by Gasteiger charge is 2.21. The number of rotatable bonds is 7. The average Bonchev–Trinajstić information content (AvgIpc) is 3.18. The first-order valence-corrected chi connectivity index (χ1v) is 9.82. The molecule has 0 atom stereocenters. The summed E-state index contributed by atoms with van der Waals surface area (Å²) in [6.07, 6.45) is 1.57. The molecule has 1 aliphatic rings. The van der Waals surface area contributed by atoms with E-state index in [0.717, 1.165) is 29.9 Å². The fourth-order valence-corrected chi connectivity index (χ4v) is 3.24. The zero-order chi connectivity index (χ0) is 20.6. The number of guanidine groups is 1. The number of aliphatic imine (C=N–C) groups is 1. The molecule has 0 bridgehead atoms. The van der Waals surface area contributed by atoms with Crippen molar-refractivity contribution in [3.8, 4) is 11.5 Å². The normalized spacial score (nSPS) is 14.1. The van der Waals surface area contributed by atoms with Crippen LogP contribution in [0.1, 0.15) is 25.3 Å². The van der Waals surface area contributed by atoms with Crippen molar-refractivity contribution < 1.29 is 14.3 Å². The number of ether oxygens (including phenoxy) is 2. The minimum Gasteiger partial charge on any atom is -0.493 e. The van der Waals surface area contributed by atoms with Gasteiger partial charge in [-0.2, -0.15) is 0 Å². The summed E-state index contributed by atoms with van der Waals surface area (Å²) in [6, 6.07) is 13.7. The van der Waals surface area contributed by atoms with E-state index in [-0.39, 0.29) is 5.91 Å². The van der Waals surface area contributed by atoms with Gasteiger partial charge in [0.1, 0.15) is 0 Å². The lowest BCUT2D eigenvalue weighted by Crippen LogP contribution is -2.30. The largest absolute Gasteiger partial charge is 0.493 e. The number of amides is 1. The Morgan fingerprint density at radius 1 is 1.17 bits per heavy atom. The van der Waals surface area contributed by atoms with Crippen molar-refractivity contribution in [1.29, 1.82) is 0 Å². The summed E-state index contributed by atoms with van der Waals surface area (Å²) in [7, 11) is 3.35. The first-order valence-electron chi connectivity index (χ1n) is 9.82. The fraction of sp³-hybridized carbons (Fsp3) is 0.364. The maximum atomic E-state index is 11.9. The van der Waals surface area contributed by atoms with Gasteiger partial charge in [-0.3, -0.25) is 9.79 Å². The molecule has 2 aromatic rings. The molecule has 29 heavy (non-hydrogen) atoms. The molecule has 2 N–H and O–H groups in total. The van der Waals surface area contributed by atoms with Crippen molar-refractivity contribution in [2.24, 2.45) is 4.99 Å². The predicted molar refractivity (Wildman–Crippen MR) is 116 cm³/mol. The molecular formula is C22H28N4O3. The molecule has 0 spiro atoms. The molecule has 0 aromatic heterocycles. The first-order chi connectivity index (χ1) is 14.1. The van der Waals surface area contributed by atoms with Crippen molar-refractivity contribution in [2.75, 3.05) is 37.5 Å². The number of hydrogen-bond acceptors (Lipinski definition) is 4. The minimum absolute atomic E-state index is 0.200. The molecule has 3 rings (SSSR count). The van der Waals surface area contributed by atoms with E-state index in [1.807, 2.05) is 54.3 Å². The smallest absolute Gasteiger partial charge is 0.227 e. The minimum atomic E-state index is 0.200. The van der Waals surface area contributed by atoms with Crippen molar-refractivity contribution >= 4 is 23.2 Å². The van der Waals surface area contributed by atoms with E-state index in [9.17, 15) is 4.79 Å². The second-order valence-corrected chi connectivity index (χ2v) is 6.66. The zero-order valence-corrected chi connectivity index (χ0v) is 17.2. The number of anilines is 2. The summed E-state index contributed by atoms with van der Waals surface area (Å²) in [5, 5.41) is 6.56. The van der Waals surface area contributed by atoms with E-state index in [2.05, 4.69) is 15.6 Å². The molecule has 1 saturated heterocycles. The van der Waals surface area contributed by atoms with E-state index in [4.69, 9.17) is 9.47 Å². The zero-order valence-electron chi connectivity index (χ0n) is 17.2. The van der Waals surface area contributed by atoms with Crippen LogP contribution in [0.2, 0.25) is 0 Å². The number of methoxy groups -OCH3 is 1. The Labute approximate surface area is 171 Å². The molecule has 7 heteroatoms. The first kappa shape index (κ1) is 20.5. The molecule has 1 heterocycles. The highest BCUT2D eigenvalue weighted by atomic mass is 16.5. The summed E-state index contributed by atoms with van der Waals surface area (Å²) in [6.45, 7) is 3.91. The molecule has 0 aliphatic carbocycles. The third-order valence-corrected chi connectivity index (χ3v) is 4.73. The Bertz CT molecular complexity index is 865. The summed E-state index contributed by atoms with van der Waals surface area (Å²) in [4.78, 5) is 18.0. The van der Waals surface area contributed by atoms with E-state index in [0.29, 0.717) is 37.0 Å². The van der Waals surface area contributed by atoms with E-state index in [1.165, 1.54) is 0 Å². The summed E-state index contributed by atoms with van der Waals surface area (Å²) in [5.41, 5.74) is 2.92.